The lowest BCUT2D eigenvalue weighted by molar-refractivity contribution is -0.191. The Balaban J connectivity index is 0.000000621. The summed E-state index contributed by atoms with van der Waals surface area (Å²) in [5.41, 5.74) is 1.80. The van der Waals surface area contributed by atoms with Gasteiger partial charge < -0.3 is 23.7 Å². The maximum atomic E-state index is 11.5. The number of hydrogen-bond donors (Lipinski definition) is 0. The standard InChI is InChI=1S/C13H14O5.C12H14O3.CO2/c1-9-6-4-5-7-10(9)18-11(13(15)17-3)8-12(14)16-2;1-4-10(12(13)14-3)15-11-8-6-5-7-9(11)2;2-1-3/h4-8H,1-3H3;4-8H,1-3H3;/b11-8+;10-4-;. The van der Waals surface area contributed by atoms with Crippen LogP contribution in [0.3, 0.4) is 0 Å². The first-order valence-corrected chi connectivity index (χ1v) is 10.3. The van der Waals surface area contributed by atoms with Gasteiger partial charge in [-0.2, -0.15) is 9.59 Å². The van der Waals surface area contributed by atoms with E-state index in [1.54, 1.807) is 25.1 Å². The van der Waals surface area contributed by atoms with E-state index in [0.29, 0.717) is 11.5 Å². The molecule has 10 nitrogen and oxygen atoms in total. The van der Waals surface area contributed by atoms with Crippen LogP contribution in [0.5, 0.6) is 11.5 Å². The second-order valence-corrected chi connectivity index (χ2v) is 6.49. The second-order valence-electron chi connectivity index (χ2n) is 6.49. The largest absolute Gasteiger partial charge is 0.466 e. The number of para-hydroxylation sites is 2. The number of carbonyl (C=O) groups is 3. The maximum absolute atomic E-state index is 11.5. The van der Waals surface area contributed by atoms with Gasteiger partial charge in [0.05, 0.1) is 27.4 Å². The first-order chi connectivity index (χ1) is 17.2. The van der Waals surface area contributed by atoms with Gasteiger partial charge in [-0.05, 0) is 50.1 Å². The van der Waals surface area contributed by atoms with Gasteiger partial charge in [0, 0.05) is 0 Å². The third-order valence-corrected chi connectivity index (χ3v) is 4.11. The second kappa shape index (κ2) is 17.7. The molecule has 0 atom stereocenters. The minimum atomic E-state index is -0.747. The molecule has 2 aromatic carbocycles. The number of aryl methyl sites for hydroxylation is 2. The number of benzene rings is 2. The van der Waals surface area contributed by atoms with Crippen molar-refractivity contribution in [2.75, 3.05) is 21.3 Å². The molecule has 0 fully saturated rings. The van der Waals surface area contributed by atoms with E-state index < -0.39 is 17.9 Å². The summed E-state index contributed by atoms with van der Waals surface area (Å²) in [6.07, 6.45) is 2.77. The van der Waals surface area contributed by atoms with Gasteiger partial charge >= 0.3 is 24.1 Å². The summed E-state index contributed by atoms with van der Waals surface area (Å²) in [5, 5.41) is 0. The van der Waals surface area contributed by atoms with Crippen LogP contribution in [0.15, 0.2) is 72.2 Å². The van der Waals surface area contributed by atoms with Crippen molar-refractivity contribution < 1.29 is 47.7 Å². The molecule has 0 aliphatic heterocycles. The highest BCUT2D eigenvalue weighted by Crippen LogP contribution is 2.20. The molecule has 0 spiro atoms. The summed E-state index contributed by atoms with van der Waals surface area (Å²) in [4.78, 5) is 50.1. The number of hydrogen-bond acceptors (Lipinski definition) is 10. The van der Waals surface area contributed by atoms with Crippen molar-refractivity contribution in [3.8, 4) is 11.5 Å². The topological polar surface area (TPSA) is 132 Å². The highest BCUT2D eigenvalue weighted by molar-refractivity contribution is 5.95. The molecule has 0 aliphatic rings. The Kier molecular flexibility index (Phi) is 15.4. The fourth-order valence-corrected chi connectivity index (χ4v) is 2.29. The van der Waals surface area contributed by atoms with Crippen molar-refractivity contribution >= 4 is 24.1 Å². The number of esters is 3. The van der Waals surface area contributed by atoms with Gasteiger partial charge in [-0.3, -0.25) is 0 Å². The van der Waals surface area contributed by atoms with Gasteiger partial charge in [-0.1, -0.05) is 36.4 Å². The Labute approximate surface area is 209 Å². The van der Waals surface area contributed by atoms with E-state index in [0.717, 1.165) is 17.2 Å². The Morgan fingerprint density at radius 1 is 0.694 bits per heavy atom. The van der Waals surface area contributed by atoms with Crippen molar-refractivity contribution in [1.82, 2.24) is 0 Å². The van der Waals surface area contributed by atoms with Gasteiger partial charge in [-0.25, -0.2) is 14.4 Å². The van der Waals surface area contributed by atoms with E-state index in [-0.39, 0.29) is 17.7 Å². The van der Waals surface area contributed by atoms with Crippen molar-refractivity contribution in [2.45, 2.75) is 20.8 Å². The summed E-state index contributed by atoms with van der Waals surface area (Å²) < 4.78 is 24.3. The molecule has 0 aromatic heterocycles. The fourth-order valence-electron chi connectivity index (χ4n) is 2.29. The third kappa shape index (κ3) is 11.4. The van der Waals surface area contributed by atoms with Crippen LogP contribution >= 0.6 is 0 Å². The van der Waals surface area contributed by atoms with Crippen molar-refractivity contribution in [2.24, 2.45) is 0 Å². The van der Waals surface area contributed by atoms with E-state index in [1.165, 1.54) is 21.3 Å². The van der Waals surface area contributed by atoms with E-state index in [4.69, 9.17) is 19.1 Å². The van der Waals surface area contributed by atoms with Gasteiger partial charge in [0.15, 0.2) is 0 Å². The molecule has 10 heteroatoms. The maximum Gasteiger partial charge on any atom is 0.374 e. The molecule has 2 aromatic rings. The zero-order chi connectivity index (χ0) is 27.5. The van der Waals surface area contributed by atoms with Crippen LogP contribution in [-0.2, 0) is 38.2 Å². The van der Waals surface area contributed by atoms with Gasteiger partial charge in [-0.15, -0.1) is 0 Å². The number of carbonyl (C=O) groups excluding carboxylic acids is 5. The fraction of sp³-hybridized carbons (Fsp3) is 0.231. The lowest BCUT2D eigenvalue weighted by Gasteiger charge is -2.09. The monoisotopic (exact) mass is 500 g/mol. The molecule has 2 rings (SSSR count). The molecule has 0 aliphatic carbocycles. The lowest BCUT2D eigenvalue weighted by Crippen LogP contribution is -2.13. The molecule has 0 saturated carbocycles. The normalized spacial score (nSPS) is 10.2. The van der Waals surface area contributed by atoms with Crippen LogP contribution in [0, 0.1) is 13.8 Å². The summed E-state index contributed by atoms with van der Waals surface area (Å²) >= 11 is 0. The molecular formula is C26H28O10. The van der Waals surface area contributed by atoms with Crippen LogP contribution in [0.2, 0.25) is 0 Å². The van der Waals surface area contributed by atoms with Crippen molar-refractivity contribution in [3.05, 3.63) is 83.3 Å². The minimum Gasteiger partial charge on any atom is -0.466 e. The molecule has 36 heavy (non-hydrogen) atoms. The first kappa shape index (κ1) is 31.3. The number of rotatable bonds is 7. The zero-order valence-electron chi connectivity index (χ0n) is 20.9. The molecule has 0 heterocycles. The van der Waals surface area contributed by atoms with Crippen molar-refractivity contribution in [1.29, 1.82) is 0 Å². The molecule has 0 radical (unpaired) electrons. The molecule has 0 bridgehead atoms. The molecule has 0 unspecified atom stereocenters. The Morgan fingerprint density at radius 2 is 1.08 bits per heavy atom. The number of ether oxygens (including phenoxy) is 5. The average Bonchev–Trinajstić information content (AvgIpc) is 2.88. The quantitative estimate of drug-likeness (QED) is 0.241. The Hall–Kier alpha value is -4.69. The Morgan fingerprint density at radius 3 is 1.44 bits per heavy atom. The van der Waals surface area contributed by atoms with Crippen molar-refractivity contribution in [3.63, 3.8) is 0 Å². The smallest absolute Gasteiger partial charge is 0.374 e. The van der Waals surface area contributed by atoms with E-state index in [2.05, 4.69) is 14.2 Å². The molecule has 0 amide bonds. The van der Waals surface area contributed by atoms with Gasteiger partial charge in [0.1, 0.15) is 11.5 Å². The van der Waals surface area contributed by atoms with Crippen LogP contribution in [-0.4, -0.2) is 45.4 Å². The van der Waals surface area contributed by atoms with Crippen LogP contribution in [0.25, 0.3) is 0 Å². The average molecular weight is 501 g/mol. The molecule has 192 valence electrons. The van der Waals surface area contributed by atoms with Crippen LogP contribution < -0.4 is 9.47 Å². The first-order valence-electron chi connectivity index (χ1n) is 10.3. The predicted molar refractivity (Wildman–Crippen MR) is 127 cm³/mol. The third-order valence-electron chi connectivity index (χ3n) is 4.11. The van der Waals surface area contributed by atoms with E-state index >= 15 is 0 Å². The van der Waals surface area contributed by atoms with E-state index in [9.17, 15) is 14.4 Å². The highest BCUT2D eigenvalue weighted by atomic mass is 16.6. The van der Waals surface area contributed by atoms with Gasteiger partial charge in [0.25, 0.3) is 0 Å². The molecular weight excluding hydrogens is 472 g/mol. The summed E-state index contributed by atoms with van der Waals surface area (Å²) in [5.74, 6) is -0.798. The number of methoxy groups -OCH3 is 3. The SMILES string of the molecule is C/C=C(\Oc1ccccc1C)C(=O)OC.COC(=O)/C=C(/Oc1ccccc1C)C(=O)OC.O=C=O. The minimum absolute atomic E-state index is 0.201. The summed E-state index contributed by atoms with van der Waals surface area (Å²) in [6, 6.07) is 14.6. The molecule has 0 N–H and O–H groups in total. The highest BCUT2D eigenvalue weighted by Gasteiger charge is 2.16. The number of allylic oxidation sites excluding steroid dienone is 1. The summed E-state index contributed by atoms with van der Waals surface area (Å²) in [6.45, 7) is 5.47. The Bertz CT molecular complexity index is 1110. The van der Waals surface area contributed by atoms with E-state index in [1.807, 2.05) is 50.2 Å². The predicted octanol–water partition coefficient (Wildman–Crippen LogP) is 3.47. The lowest BCUT2D eigenvalue weighted by atomic mass is 10.2. The van der Waals surface area contributed by atoms with Crippen LogP contribution in [0.1, 0.15) is 18.1 Å². The zero-order valence-corrected chi connectivity index (χ0v) is 20.9. The van der Waals surface area contributed by atoms with Gasteiger partial charge in [0.2, 0.25) is 11.5 Å². The molecule has 0 saturated heterocycles. The van der Waals surface area contributed by atoms with Crippen LogP contribution in [0.4, 0.5) is 0 Å². The summed E-state index contributed by atoms with van der Waals surface area (Å²) in [7, 11) is 3.74.